The minimum absolute atomic E-state index is 0.0793. The van der Waals surface area contributed by atoms with Crippen LogP contribution < -0.4 is 10.9 Å². The summed E-state index contributed by atoms with van der Waals surface area (Å²) < 4.78 is 6.99. The van der Waals surface area contributed by atoms with E-state index in [2.05, 4.69) is 16.9 Å². The van der Waals surface area contributed by atoms with E-state index >= 15 is 0 Å². The normalized spacial score (nSPS) is 11.9. The van der Waals surface area contributed by atoms with E-state index in [1.807, 2.05) is 5.38 Å². The highest BCUT2D eigenvalue weighted by Gasteiger charge is 2.22. The predicted molar refractivity (Wildman–Crippen MR) is 132 cm³/mol. The number of hydrogen-bond acceptors (Lipinski definition) is 7. The Morgan fingerprint density at radius 2 is 2.15 bits per heavy atom. The maximum absolute atomic E-state index is 13.4. The number of carbonyl (C=O) groups is 2. The zero-order valence-electron chi connectivity index (χ0n) is 18.0. The smallest absolute Gasteiger partial charge is 0.263 e. The van der Waals surface area contributed by atoms with E-state index in [4.69, 9.17) is 4.42 Å². The Hall–Kier alpha value is -3.43. The van der Waals surface area contributed by atoms with Crippen LogP contribution in [0.15, 0.2) is 75.1 Å². The van der Waals surface area contributed by atoms with Crippen molar-refractivity contribution in [2.75, 3.05) is 5.32 Å². The van der Waals surface area contributed by atoms with Gasteiger partial charge in [0.25, 0.3) is 5.56 Å². The van der Waals surface area contributed by atoms with Gasteiger partial charge in [-0.15, -0.1) is 17.9 Å². The van der Waals surface area contributed by atoms with Crippen molar-refractivity contribution in [3.8, 4) is 11.3 Å². The summed E-state index contributed by atoms with van der Waals surface area (Å²) in [6.07, 6.45) is 3.18. The maximum atomic E-state index is 13.4. The van der Waals surface area contributed by atoms with E-state index in [1.165, 1.54) is 34.6 Å². The highest BCUT2D eigenvalue weighted by Crippen LogP contribution is 2.33. The number of aromatic nitrogens is 2. The van der Waals surface area contributed by atoms with Crippen LogP contribution in [0.25, 0.3) is 21.5 Å². The van der Waals surface area contributed by atoms with Crippen molar-refractivity contribution in [3.05, 3.63) is 76.6 Å². The molecule has 4 aromatic rings. The molecule has 0 fully saturated rings. The number of thioether (sulfide) groups is 1. The summed E-state index contributed by atoms with van der Waals surface area (Å²) in [5.41, 5.74) is 1.54. The quantitative estimate of drug-likeness (QED) is 0.161. The number of Topliss-reactive ketones (excluding diaryl/α,β-unsaturated/α-hetero) is 1. The second-order valence-electron chi connectivity index (χ2n) is 7.29. The molecular formula is C24H21N3O4S2. The fourth-order valence-electron chi connectivity index (χ4n) is 3.27. The molecule has 1 N–H and O–H groups in total. The molecule has 0 radical (unpaired) electrons. The van der Waals surface area contributed by atoms with Crippen LogP contribution in [0.1, 0.15) is 24.2 Å². The van der Waals surface area contributed by atoms with E-state index < -0.39 is 5.25 Å². The zero-order valence-corrected chi connectivity index (χ0v) is 19.7. The molecule has 0 unspecified atom stereocenters. The van der Waals surface area contributed by atoms with E-state index in [9.17, 15) is 14.4 Å². The van der Waals surface area contributed by atoms with E-state index in [0.29, 0.717) is 37.9 Å². The lowest BCUT2D eigenvalue weighted by Gasteiger charge is -2.15. The number of hydrogen-bond donors (Lipinski definition) is 1. The highest BCUT2D eigenvalue weighted by molar-refractivity contribution is 8.00. The third kappa shape index (κ3) is 4.69. The van der Waals surface area contributed by atoms with Crippen molar-refractivity contribution < 1.29 is 14.0 Å². The van der Waals surface area contributed by atoms with Crippen LogP contribution in [0.2, 0.25) is 0 Å². The lowest BCUT2D eigenvalue weighted by Crippen LogP contribution is -2.26. The molecule has 9 heteroatoms. The summed E-state index contributed by atoms with van der Waals surface area (Å²) in [6, 6.07) is 10.3. The van der Waals surface area contributed by atoms with Crippen molar-refractivity contribution in [2.24, 2.45) is 0 Å². The number of benzene rings is 1. The Labute approximate surface area is 198 Å². The zero-order chi connectivity index (χ0) is 23.5. The van der Waals surface area contributed by atoms with Gasteiger partial charge in [-0.25, -0.2) is 4.98 Å². The summed E-state index contributed by atoms with van der Waals surface area (Å²) in [6.45, 7) is 7.22. The van der Waals surface area contributed by atoms with Gasteiger partial charge in [-0.1, -0.05) is 30.0 Å². The van der Waals surface area contributed by atoms with Gasteiger partial charge in [-0.3, -0.25) is 19.0 Å². The Morgan fingerprint density at radius 3 is 2.85 bits per heavy atom. The van der Waals surface area contributed by atoms with Crippen LogP contribution in [0.4, 0.5) is 5.69 Å². The molecule has 33 heavy (non-hydrogen) atoms. The molecule has 0 aliphatic rings. The standard InChI is InChI=1S/C24H21N3O4S2/c1-4-10-27-23(30)20-18(19-9-6-11-31-19)13-32-22(20)26-24(27)33-15(3)21(29)25-17-8-5-7-16(12-17)14(2)28/h4-9,11-13,15H,1,10H2,2-3H3,(H,25,29)/t15-/m0/s1. The first-order valence-electron chi connectivity index (χ1n) is 10.1. The second kappa shape index (κ2) is 9.60. The molecule has 0 spiro atoms. The first-order chi connectivity index (χ1) is 15.9. The summed E-state index contributed by atoms with van der Waals surface area (Å²) in [4.78, 5) is 43.0. The van der Waals surface area contributed by atoms with Crippen LogP contribution in [0, 0.1) is 0 Å². The number of furan rings is 1. The average molecular weight is 480 g/mol. The number of allylic oxidation sites excluding steroid dienone is 1. The first kappa shape index (κ1) is 22.8. The van der Waals surface area contributed by atoms with Crippen LogP contribution in [0.3, 0.4) is 0 Å². The number of ketones is 1. The largest absolute Gasteiger partial charge is 0.464 e. The Kier molecular flexibility index (Phi) is 6.62. The molecule has 0 saturated heterocycles. The minimum Gasteiger partial charge on any atom is -0.464 e. The molecule has 1 aromatic carbocycles. The molecular weight excluding hydrogens is 458 g/mol. The van der Waals surface area contributed by atoms with Gasteiger partial charge in [-0.05, 0) is 38.1 Å². The van der Waals surface area contributed by atoms with E-state index in [1.54, 1.807) is 55.7 Å². The van der Waals surface area contributed by atoms with Crippen LogP contribution in [-0.4, -0.2) is 26.5 Å². The highest BCUT2D eigenvalue weighted by atomic mass is 32.2. The number of carbonyl (C=O) groups excluding carboxylic acids is 2. The number of nitrogens with zero attached hydrogens (tertiary/aromatic N) is 2. The average Bonchev–Trinajstić information content (AvgIpc) is 3.46. The molecule has 0 bridgehead atoms. The summed E-state index contributed by atoms with van der Waals surface area (Å²) in [7, 11) is 0. The summed E-state index contributed by atoms with van der Waals surface area (Å²) in [5, 5.41) is 5.05. The summed E-state index contributed by atoms with van der Waals surface area (Å²) >= 11 is 2.55. The van der Waals surface area contributed by atoms with Crippen molar-refractivity contribution in [1.29, 1.82) is 0 Å². The van der Waals surface area contributed by atoms with Crippen molar-refractivity contribution >= 4 is 50.7 Å². The number of anilines is 1. The van der Waals surface area contributed by atoms with Crippen molar-refractivity contribution in [2.45, 2.75) is 30.8 Å². The first-order valence-corrected chi connectivity index (χ1v) is 11.9. The number of rotatable bonds is 8. The van der Waals surface area contributed by atoms with Gasteiger partial charge < -0.3 is 9.73 Å². The van der Waals surface area contributed by atoms with Gasteiger partial charge in [-0.2, -0.15) is 0 Å². The third-order valence-electron chi connectivity index (χ3n) is 4.95. The molecule has 0 aliphatic carbocycles. The van der Waals surface area contributed by atoms with Gasteiger partial charge in [0.1, 0.15) is 10.6 Å². The predicted octanol–water partition coefficient (Wildman–Crippen LogP) is 5.23. The molecule has 7 nitrogen and oxygen atoms in total. The van der Waals surface area contributed by atoms with Crippen LogP contribution in [0.5, 0.6) is 0 Å². The Bertz CT molecular complexity index is 1400. The fraction of sp³-hybridized carbons (Fsp3) is 0.167. The van der Waals surface area contributed by atoms with Gasteiger partial charge >= 0.3 is 0 Å². The second-order valence-corrected chi connectivity index (χ2v) is 9.46. The SMILES string of the molecule is C=CCn1c(S[C@@H](C)C(=O)Nc2cccc(C(C)=O)c2)nc2scc(-c3ccco3)c2c1=O. The molecule has 0 aliphatic heterocycles. The third-order valence-corrected chi connectivity index (χ3v) is 6.91. The van der Waals surface area contributed by atoms with Crippen LogP contribution >= 0.6 is 23.1 Å². The maximum Gasteiger partial charge on any atom is 0.263 e. The molecule has 3 heterocycles. The van der Waals surface area contributed by atoms with Crippen molar-refractivity contribution in [3.63, 3.8) is 0 Å². The number of amides is 1. The van der Waals surface area contributed by atoms with E-state index in [-0.39, 0.29) is 23.8 Å². The molecule has 1 amide bonds. The summed E-state index contributed by atoms with van der Waals surface area (Å²) in [5.74, 6) is 0.262. The molecule has 3 aromatic heterocycles. The fourth-order valence-corrected chi connectivity index (χ4v) is 5.16. The molecule has 4 rings (SSSR count). The number of thiophene rings is 1. The Balaban J connectivity index is 1.63. The molecule has 1 atom stereocenters. The van der Waals surface area contributed by atoms with Gasteiger partial charge in [0.2, 0.25) is 5.91 Å². The van der Waals surface area contributed by atoms with E-state index in [0.717, 1.165) is 0 Å². The van der Waals surface area contributed by atoms with Crippen LogP contribution in [-0.2, 0) is 11.3 Å². The lowest BCUT2D eigenvalue weighted by molar-refractivity contribution is -0.115. The molecule has 168 valence electrons. The minimum atomic E-state index is -0.545. The topological polar surface area (TPSA) is 94.2 Å². The van der Waals surface area contributed by atoms with Gasteiger partial charge in [0, 0.05) is 28.7 Å². The lowest BCUT2D eigenvalue weighted by atomic mass is 10.1. The monoisotopic (exact) mass is 479 g/mol. The number of fused-ring (bicyclic) bond motifs is 1. The molecule has 0 saturated carbocycles. The van der Waals surface area contributed by atoms with Crippen molar-refractivity contribution in [1.82, 2.24) is 9.55 Å². The number of nitrogens with one attached hydrogen (secondary N) is 1. The van der Waals surface area contributed by atoms with Gasteiger partial charge in [0.15, 0.2) is 10.9 Å². The van der Waals surface area contributed by atoms with Gasteiger partial charge in [0.05, 0.1) is 16.9 Å². The Morgan fingerprint density at radius 1 is 1.33 bits per heavy atom.